The van der Waals surface area contributed by atoms with E-state index in [0.717, 1.165) is 12.1 Å². The summed E-state index contributed by atoms with van der Waals surface area (Å²) in [4.78, 5) is 0. The third-order valence-corrected chi connectivity index (χ3v) is 4.46. The molecule has 4 aromatic rings. The molecule has 0 aromatic heterocycles. The minimum atomic E-state index is 0.783. The molecule has 25 heavy (non-hydrogen) atoms. The highest BCUT2D eigenvalue weighted by atomic mass is 15.4. The van der Waals surface area contributed by atoms with Gasteiger partial charge < -0.3 is 0 Å². The van der Waals surface area contributed by atoms with Crippen LogP contribution >= 0.6 is 0 Å². The lowest BCUT2D eigenvalue weighted by Gasteiger charge is -2.14. The van der Waals surface area contributed by atoms with Crippen LogP contribution < -0.4 is 0 Å². The molecule has 0 radical (unpaired) electrons. The van der Waals surface area contributed by atoms with Crippen molar-refractivity contribution in [3.63, 3.8) is 0 Å². The van der Waals surface area contributed by atoms with E-state index in [4.69, 9.17) is 0 Å². The molecule has 0 aliphatic heterocycles. The van der Waals surface area contributed by atoms with E-state index in [1.54, 1.807) is 0 Å². The minimum Gasteiger partial charge on any atom is -0.296 e. The van der Waals surface area contributed by atoms with Crippen LogP contribution in [0.2, 0.25) is 0 Å². The van der Waals surface area contributed by atoms with Gasteiger partial charge in [0.1, 0.15) is 0 Å². The predicted octanol–water partition coefficient (Wildman–Crippen LogP) is 5.46. The van der Waals surface area contributed by atoms with Gasteiger partial charge in [0.05, 0.1) is 12.8 Å². The SMILES string of the molecule is CN(Cc1cccc2ccccc12)/N=C\c1ccc2ccccc2c1. The van der Waals surface area contributed by atoms with Crippen LogP contribution in [0, 0.1) is 0 Å². The standard InChI is InChI=1S/C23H20N2/c1-25(17-22-11-6-10-20-8-4-5-12-23(20)22)24-16-18-13-14-19-7-2-3-9-21(19)15-18/h2-16H,17H2,1H3/b24-16-. The number of rotatable bonds is 4. The second-order valence-corrected chi connectivity index (χ2v) is 6.31. The highest BCUT2D eigenvalue weighted by Crippen LogP contribution is 2.20. The van der Waals surface area contributed by atoms with Gasteiger partial charge in [-0.3, -0.25) is 5.01 Å². The molecule has 0 aliphatic carbocycles. The van der Waals surface area contributed by atoms with Crippen LogP contribution in [0.15, 0.2) is 90.0 Å². The largest absolute Gasteiger partial charge is 0.296 e. The van der Waals surface area contributed by atoms with Crippen LogP contribution in [0.3, 0.4) is 0 Å². The maximum atomic E-state index is 4.61. The molecule has 0 N–H and O–H groups in total. The van der Waals surface area contributed by atoms with Crippen molar-refractivity contribution in [3.05, 3.63) is 96.1 Å². The van der Waals surface area contributed by atoms with Crippen molar-refractivity contribution in [2.45, 2.75) is 6.54 Å². The summed E-state index contributed by atoms with van der Waals surface area (Å²) < 4.78 is 0. The van der Waals surface area contributed by atoms with Gasteiger partial charge in [-0.2, -0.15) is 5.10 Å². The van der Waals surface area contributed by atoms with Gasteiger partial charge in [-0.25, -0.2) is 0 Å². The van der Waals surface area contributed by atoms with Crippen molar-refractivity contribution in [2.75, 3.05) is 7.05 Å². The summed E-state index contributed by atoms with van der Waals surface area (Å²) in [5, 5.41) is 11.6. The molecule has 0 fully saturated rings. The van der Waals surface area contributed by atoms with E-state index in [0.29, 0.717) is 0 Å². The zero-order valence-corrected chi connectivity index (χ0v) is 14.3. The monoisotopic (exact) mass is 324 g/mol. The van der Waals surface area contributed by atoms with Crippen molar-refractivity contribution < 1.29 is 0 Å². The molecule has 4 rings (SSSR count). The predicted molar refractivity (Wildman–Crippen MR) is 107 cm³/mol. The molecule has 2 heteroatoms. The average Bonchev–Trinajstić information content (AvgIpc) is 2.66. The van der Waals surface area contributed by atoms with E-state index in [1.807, 2.05) is 18.3 Å². The summed E-state index contributed by atoms with van der Waals surface area (Å²) in [5.74, 6) is 0. The van der Waals surface area contributed by atoms with Crippen LogP contribution in [0.25, 0.3) is 21.5 Å². The zero-order chi connectivity index (χ0) is 17.1. The average molecular weight is 324 g/mol. The van der Waals surface area contributed by atoms with E-state index in [-0.39, 0.29) is 0 Å². The van der Waals surface area contributed by atoms with Crippen molar-refractivity contribution >= 4 is 27.8 Å². The Bertz CT molecular complexity index is 1040. The van der Waals surface area contributed by atoms with Gasteiger partial charge in [0.2, 0.25) is 0 Å². The Morgan fingerprint density at radius 3 is 2.36 bits per heavy atom. The van der Waals surface area contributed by atoms with Crippen LogP contribution in [0.4, 0.5) is 0 Å². The third kappa shape index (κ3) is 3.38. The van der Waals surface area contributed by atoms with Crippen molar-refractivity contribution in [1.29, 1.82) is 0 Å². The Morgan fingerprint density at radius 1 is 0.760 bits per heavy atom. The molecule has 0 atom stereocenters. The Balaban J connectivity index is 1.54. The van der Waals surface area contributed by atoms with Gasteiger partial charge in [0, 0.05) is 7.05 Å². The number of fused-ring (bicyclic) bond motifs is 2. The molecule has 0 heterocycles. The highest BCUT2D eigenvalue weighted by molar-refractivity contribution is 5.90. The second kappa shape index (κ2) is 6.78. The third-order valence-electron chi connectivity index (χ3n) is 4.46. The van der Waals surface area contributed by atoms with Crippen LogP contribution in [-0.2, 0) is 6.54 Å². The maximum Gasteiger partial charge on any atom is 0.0613 e. The highest BCUT2D eigenvalue weighted by Gasteiger charge is 2.02. The minimum absolute atomic E-state index is 0.783. The fraction of sp³-hybridized carbons (Fsp3) is 0.0870. The van der Waals surface area contributed by atoms with Crippen LogP contribution in [0.1, 0.15) is 11.1 Å². The first-order valence-electron chi connectivity index (χ1n) is 8.50. The number of nitrogens with zero attached hydrogens (tertiary/aromatic N) is 2. The molecule has 0 unspecified atom stereocenters. The first-order valence-corrected chi connectivity index (χ1v) is 8.50. The second-order valence-electron chi connectivity index (χ2n) is 6.31. The van der Waals surface area contributed by atoms with E-state index >= 15 is 0 Å². The van der Waals surface area contributed by atoms with Gasteiger partial charge in [-0.05, 0) is 38.7 Å². The fourth-order valence-electron chi connectivity index (χ4n) is 3.17. The van der Waals surface area contributed by atoms with Crippen LogP contribution in [-0.4, -0.2) is 18.3 Å². The maximum absolute atomic E-state index is 4.61. The van der Waals surface area contributed by atoms with Gasteiger partial charge in [0.15, 0.2) is 0 Å². The van der Waals surface area contributed by atoms with Crippen LogP contribution in [0.5, 0.6) is 0 Å². The van der Waals surface area contributed by atoms with Gasteiger partial charge in [-0.1, -0.05) is 78.9 Å². The van der Waals surface area contributed by atoms with E-state index < -0.39 is 0 Å². The molecule has 0 saturated carbocycles. The quantitative estimate of drug-likeness (QED) is 0.359. The number of hydrogen-bond donors (Lipinski definition) is 0. The number of benzene rings is 4. The summed E-state index contributed by atoms with van der Waals surface area (Å²) in [7, 11) is 2.01. The lowest BCUT2D eigenvalue weighted by molar-refractivity contribution is 0.350. The first kappa shape index (κ1) is 15.4. The topological polar surface area (TPSA) is 15.6 Å². The number of hydrazone groups is 1. The Morgan fingerprint density at radius 2 is 1.48 bits per heavy atom. The summed E-state index contributed by atoms with van der Waals surface area (Å²) in [5.41, 5.74) is 2.40. The molecular weight excluding hydrogens is 304 g/mol. The molecule has 0 aliphatic rings. The Labute approximate surface area is 148 Å². The Hall–Kier alpha value is -3.13. The summed E-state index contributed by atoms with van der Waals surface area (Å²) in [6, 6.07) is 29.7. The van der Waals surface area contributed by atoms with Gasteiger partial charge >= 0.3 is 0 Å². The molecule has 122 valence electrons. The molecule has 0 saturated heterocycles. The smallest absolute Gasteiger partial charge is 0.0613 e. The lowest BCUT2D eigenvalue weighted by Crippen LogP contribution is -2.11. The zero-order valence-electron chi connectivity index (χ0n) is 14.3. The van der Waals surface area contributed by atoms with Crippen molar-refractivity contribution in [2.24, 2.45) is 5.10 Å². The first-order chi connectivity index (χ1) is 12.3. The molecule has 2 nitrogen and oxygen atoms in total. The summed E-state index contributed by atoms with van der Waals surface area (Å²) in [6.07, 6.45) is 1.93. The summed E-state index contributed by atoms with van der Waals surface area (Å²) >= 11 is 0. The molecule has 0 bridgehead atoms. The molecule has 0 spiro atoms. The van der Waals surface area contributed by atoms with E-state index in [1.165, 1.54) is 27.1 Å². The van der Waals surface area contributed by atoms with Crippen molar-refractivity contribution in [1.82, 2.24) is 5.01 Å². The fourth-order valence-corrected chi connectivity index (χ4v) is 3.17. The molecule has 4 aromatic carbocycles. The number of hydrogen-bond acceptors (Lipinski definition) is 2. The molecule has 0 amide bonds. The lowest BCUT2D eigenvalue weighted by atomic mass is 10.0. The molecular formula is C23H20N2. The van der Waals surface area contributed by atoms with E-state index in [2.05, 4.69) is 90.0 Å². The van der Waals surface area contributed by atoms with Gasteiger partial charge in [-0.15, -0.1) is 0 Å². The summed E-state index contributed by atoms with van der Waals surface area (Å²) in [6.45, 7) is 0.783. The Kier molecular flexibility index (Phi) is 4.17. The van der Waals surface area contributed by atoms with Gasteiger partial charge in [0.25, 0.3) is 0 Å². The van der Waals surface area contributed by atoms with Crippen molar-refractivity contribution in [3.8, 4) is 0 Å². The van der Waals surface area contributed by atoms with E-state index in [9.17, 15) is 0 Å². The normalized spacial score (nSPS) is 11.4.